The number of hydrogen-bond donors (Lipinski definition) is 0. The smallest absolute Gasteiger partial charge is 0.170 e. The van der Waals surface area contributed by atoms with Gasteiger partial charge in [-0.2, -0.15) is 0 Å². The van der Waals surface area contributed by atoms with Gasteiger partial charge in [-0.1, -0.05) is 5.16 Å². The van der Waals surface area contributed by atoms with E-state index in [0.717, 1.165) is 55.7 Å². The van der Waals surface area contributed by atoms with Crippen LogP contribution in [0.3, 0.4) is 0 Å². The van der Waals surface area contributed by atoms with Crippen molar-refractivity contribution in [3.05, 3.63) is 53.5 Å². The van der Waals surface area contributed by atoms with E-state index >= 15 is 0 Å². The molecule has 31 heavy (non-hydrogen) atoms. The Bertz CT molecular complexity index is 1090. The van der Waals surface area contributed by atoms with Crippen LogP contribution in [0.25, 0.3) is 11.0 Å². The normalized spacial score (nSPS) is 17.5. The average molecular weight is 424 g/mol. The molecule has 2 aliphatic heterocycles. The zero-order valence-corrected chi connectivity index (χ0v) is 17.3. The number of benzene rings is 2. The summed E-state index contributed by atoms with van der Waals surface area (Å²) in [5.41, 5.74) is 2.11. The summed E-state index contributed by atoms with van der Waals surface area (Å²) in [6, 6.07) is 10.1. The Hall–Kier alpha value is -2.93. The molecule has 0 N–H and O–H groups in total. The molecule has 1 fully saturated rings. The number of likely N-dealkylation sites (tertiary alicyclic amines) is 1. The van der Waals surface area contributed by atoms with E-state index in [1.54, 1.807) is 12.1 Å². The Labute approximate surface area is 179 Å². The number of piperidine rings is 1. The van der Waals surface area contributed by atoms with Gasteiger partial charge in [0.25, 0.3) is 0 Å². The van der Waals surface area contributed by atoms with E-state index in [2.05, 4.69) is 10.1 Å². The Balaban J connectivity index is 1.08. The van der Waals surface area contributed by atoms with Gasteiger partial charge in [-0.25, -0.2) is 4.39 Å². The minimum absolute atomic E-state index is 0.127. The SMILES string of the molecule is O=C1CCOc2cc(OCCCN3CCC(c4noc5cc(F)ccc45)CC3)ccc21. The van der Waals surface area contributed by atoms with E-state index in [1.807, 2.05) is 12.1 Å². The number of carbonyl (C=O) groups excluding carboxylic acids is 1. The van der Waals surface area contributed by atoms with Crippen LogP contribution in [-0.4, -0.2) is 48.7 Å². The van der Waals surface area contributed by atoms with Crippen LogP contribution in [0.2, 0.25) is 0 Å². The van der Waals surface area contributed by atoms with E-state index in [-0.39, 0.29) is 11.6 Å². The Morgan fingerprint density at radius 1 is 1.16 bits per heavy atom. The summed E-state index contributed by atoms with van der Waals surface area (Å²) in [7, 11) is 0. The summed E-state index contributed by atoms with van der Waals surface area (Å²) in [5.74, 6) is 1.53. The Morgan fingerprint density at radius 2 is 2.03 bits per heavy atom. The number of fused-ring (bicyclic) bond motifs is 2. The predicted molar refractivity (Wildman–Crippen MR) is 113 cm³/mol. The molecule has 0 bridgehead atoms. The number of nitrogens with zero attached hydrogens (tertiary/aromatic N) is 2. The first-order valence-electron chi connectivity index (χ1n) is 10.9. The molecule has 0 spiro atoms. The summed E-state index contributed by atoms with van der Waals surface area (Å²) in [6.07, 6.45) is 3.38. The number of ether oxygens (including phenoxy) is 2. The second-order valence-corrected chi connectivity index (χ2v) is 8.21. The maximum absolute atomic E-state index is 13.4. The summed E-state index contributed by atoms with van der Waals surface area (Å²) >= 11 is 0. The first-order chi connectivity index (χ1) is 15.2. The molecule has 3 heterocycles. The number of carbonyl (C=O) groups is 1. The minimum atomic E-state index is -0.302. The van der Waals surface area contributed by atoms with Crippen LogP contribution < -0.4 is 9.47 Å². The molecule has 5 rings (SSSR count). The van der Waals surface area contributed by atoms with Gasteiger partial charge in [-0.05, 0) is 56.6 Å². The van der Waals surface area contributed by atoms with Crippen molar-refractivity contribution in [2.24, 2.45) is 0 Å². The van der Waals surface area contributed by atoms with E-state index < -0.39 is 0 Å². The monoisotopic (exact) mass is 424 g/mol. The second kappa shape index (κ2) is 8.67. The van der Waals surface area contributed by atoms with Crippen molar-refractivity contribution in [3.63, 3.8) is 0 Å². The number of rotatable bonds is 6. The van der Waals surface area contributed by atoms with Gasteiger partial charge in [0.1, 0.15) is 17.3 Å². The number of halogens is 1. The maximum Gasteiger partial charge on any atom is 0.170 e. The predicted octanol–water partition coefficient (Wildman–Crippen LogP) is 4.58. The third kappa shape index (κ3) is 4.28. The molecule has 0 saturated carbocycles. The molecule has 2 aliphatic rings. The molecule has 0 unspecified atom stereocenters. The summed E-state index contributed by atoms with van der Waals surface area (Å²) in [5, 5.41) is 5.14. The van der Waals surface area contributed by atoms with Crippen LogP contribution in [-0.2, 0) is 0 Å². The lowest BCUT2D eigenvalue weighted by molar-refractivity contribution is 0.0933. The minimum Gasteiger partial charge on any atom is -0.493 e. The zero-order valence-electron chi connectivity index (χ0n) is 17.3. The molecule has 2 aromatic carbocycles. The van der Waals surface area contributed by atoms with Crippen LogP contribution in [0.15, 0.2) is 40.9 Å². The largest absolute Gasteiger partial charge is 0.493 e. The number of hydrogen-bond acceptors (Lipinski definition) is 6. The van der Waals surface area contributed by atoms with Crippen LogP contribution >= 0.6 is 0 Å². The van der Waals surface area contributed by atoms with Crippen molar-refractivity contribution in [1.29, 1.82) is 0 Å². The molecule has 162 valence electrons. The van der Waals surface area contributed by atoms with Crippen molar-refractivity contribution in [2.45, 2.75) is 31.6 Å². The molecule has 0 radical (unpaired) electrons. The number of aromatic nitrogens is 1. The highest BCUT2D eigenvalue weighted by Gasteiger charge is 2.25. The number of ketones is 1. The molecular formula is C24H25FN2O4. The summed E-state index contributed by atoms with van der Waals surface area (Å²) in [6.45, 7) is 4.01. The quantitative estimate of drug-likeness (QED) is 0.540. The Morgan fingerprint density at radius 3 is 2.90 bits per heavy atom. The molecule has 0 amide bonds. The van der Waals surface area contributed by atoms with Gasteiger partial charge < -0.3 is 18.9 Å². The second-order valence-electron chi connectivity index (χ2n) is 8.21. The van der Waals surface area contributed by atoms with Crippen LogP contribution in [0.4, 0.5) is 4.39 Å². The number of Topliss-reactive ketones (excluding diaryl/α,β-unsaturated/α-hetero) is 1. The van der Waals surface area contributed by atoms with Crippen molar-refractivity contribution in [1.82, 2.24) is 10.1 Å². The van der Waals surface area contributed by atoms with Gasteiger partial charge in [0, 0.05) is 36.4 Å². The van der Waals surface area contributed by atoms with Crippen molar-refractivity contribution in [3.8, 4) is 11.5 Å². The fourth-order valence-corrected chi connectivity index (χ4v) is 4.46. The third-order valence-corrected chi connectivity index (χ3v) is 6.16. The zero-order chi connectivity index (χ0) is 21.2. The average Bonchev–Trinajstić information content (AvgIpc) is 3.20. The van der Waals surface area contributed by atoms with Gasteiger partial charge in [0.15, 0.2) is 11.4 Å². The molecule has 0 atom stereocenters. The first-order valence-corrected chi connectivity index (χ1v) is 10.9. The van der Waals surface area contributed by atoms with Gasteiger partial charge in [0.05, 0.1) is 24.5 Å². The van der Waals surface area contributed by atoms with Crippen LogP contribution in [0, 0.1) is 5.82 Å². The molecular weight excluding hydrogens is 399 g/mol. The van der Waals surface area contributed by atoms with E-state index in [1.165, 1.54) is 12.1 Å². The molecule has 6 nitrogen and oxygen atoms in total. The molecule has 3 aromatic rings. The molecule has 1 aromatic heterocycles. The third-order valence-electron chi connectivity index (χ3n) is 6.16. The van der Waals surface area contributed by atoms with Gasteiger partial charge in [-0.15, -0.1) is 0 Å². The fraction of sp³-hybridized carbons (Fsp3) is 0.417. The van der Waals surface area contributed by atoms with E-state index in [0.29, 0.717) is 42.4 Å². The lowest BCUT2D eigenvalue weighted by atomic mass is 9.91. The van der Waals surface area contributed by atoms with E-state index in [4.69, 9.17) is 14.0 Å². The van der Waals surface area contributed by atoms with Crippen molar-refractivity contribution < 1.29 is 23.2 Å². The highest BCUT2D eigenvalue weighted by Crippen LogP contribution is 2.33. The molecule has 1 saturated heterocycles. The van der Waals surface area contributed by atoms with Crippen molar-refractivity contribution in [2.75, 3.05) is 32.8 Å². The highest BCUT2D eigenvalue weighted by atomic mass is 19.1. The first kappa shape index (κ1) is 20.0. The van der Waals surface area contributed by atoms with Gasteiger partial charge in [0.2, 0.25) is 0 Å². The lowest BCUT2D eigenvalue weighted by Gasteiger charge is -2.31. The standard InChI is InChI=1S/C24H25FN2O4/c25-17-2-4-20-23(14-17)31-26-24(20)16-6-10-27(11-7-16)9-1-12-29-18-3-5-19-21(28)8-13-30-22(19)15-18/h2-5,14-16H,1,6-13H2. The van der Waals surface area contributed by atoms with Crippen LogP contribution in [0.1, 0.15) is 47.7 Å². The van der Waals surface area contributed by atoms with E-state index in [9.17, 15) is 9.18 Å². The lowest BCUT2D eigenvalue weighted by Crippen LogP contribution is -2.34. The maximum atomic E-state index is 13.4. The fourth-order valence-electron chi connectivity index (χ4n) is 4.46. The molecule has 0 aliphatic carbocycles. The summed E-state index contributed by atoms with van der Waals surface area (Å²) < 4.78 is 30.1. The van der Waals surface area contributed by atoms with Gasteiger partial charge >= 0.3 is 0 Å². The Kier molecular flexibility index (Phi) is 5.59. The topological polar surface area (TPSA) is 64.8 Å². The molecule has 7 heteroatoms. The van der Waals surface area contributed by atoms with Crippen LogP contribution in [0.5, 0.6) is 11.5 Å². The summed E-state index contributed by atoms with van der Waals surface area (Å²) in [4.78, 5) is 14.3. The van der Waals surface area contributed by atoms with Gasteiger partial charge in [-0.3, -0.25) is 4.79 Å². The van der Waals surface area contributed by atoms with Crippen molar-refractivity contribution >= 4 is 16.8 Å². The highest BCUT2D eigenvalue weighted by molar-refractivity contribution is 5.99.